The second-order valence-electron chi connectivity index (χ2n) is 6.92. The number of unbranched alkanes of at least 4 members (excludes halogenated alkanes) is 1. The molecule has 5 nitrogen and oxygen atoms in total. The second kappa shape index (κ2) is 7.66. The summed E-state index contributed by atoms with van der Waals surface area (Å²) in [5.74, 6) is 1.57. The second-order valence-corrected chi connectivity index (χ2v) is 9.84. The van der Waals surface area contributed by atoms with Crippen molar-refractivity contribution >= 4 is 50.7 Å². The summed E-state index contributed by atoms with van der Waals surface area (Å²) in [5.41, 5.74) is 2.33. The lowest BCUT2D eigenvalue weighted by molar-refractivity contribution is 0.00203. The van der Waals surface area contributed by atoms with Gasteiger partial charge in [0, 0.05) is 17.1 Å². The van der Waals surface area contributed by atoms with Crippen molar-refractivity contribution in [3.8, 4) is 0 Å². The zero-order chi connectivity index (χ0) is 18.3. The van der Waals surface area contributed by atoms with Gasteiger partial charge in [0.25, 0.3) is 0 Å². The smallest absolute Gasteiger partial charge is 0.197 e. The van der Waals surface area contributed by atoms with Crippen LogP contribution in [0, 0.1) is 5.92 Å². The molecule has 0 aromatic carbocycles. The summed E-state index contributed by atoms with van der Waals surface area (Å²) in [6.45, 7) is 7.35. The van der Waals surface area contributed by atoms with E-state index in [1.54, 1.807) is 34.9 Å². The number of thioether (sulfide) groups is 2. The Morgan fingerprint density at radius 3 is 2.88 bits per heavy atom. The lowest BCUT2D eigenvalue weighted by Gasteiger charge is -2.26. The Hall–Kier alpha value is -0.830. The highest BCUT2D eigenvalue weighted by atomic mass is 32.2. The minimum Gasteiger partial charge on any atom is -0.372 e. The molecule has 4 heterocycles. The van der Waals surface area contributed by atoms with Crippen LogP contribution < -0.4 is 0 Å². The van der Waals surface area contributed by atoms with E-state index in [4.69, 9.17) is 9.72 Å². The first-order valence-corrected chi connectivity index (χ1v) is 12.1. The van der Waals surface area contributed by atoms with Crippen molar-refractivity contribution in [2.24, 2.45) is 5.92 Å². The van der Waals surface area contributed by atoms with Crippen LogP contribution in [-0.4, -0.2) is 37.7 Å². The van der Waals surface area contributed by atoms with E-state index < -0.39 is 0 Å². The normalized spacial score (nSPS) is 17.5. The molecule has 0 spiro atoms. The van der Waals surface area contributed by atoms with Gasteiger partial charge in [-0.25, -0.2) is 9.38 Å². The van der Waals surface area contributed by atoms with E-state index in [-0.39, 0.29) is 6.10 Å². The van der Waals surface area contributed by atoms with Gasteiger partial charge in [0.2, 0.25) is 0 Å². The summed E-state index contributed by atoms with van der Waals surface area (Å²) in [5, 5.41) is 12.2. The number of hydrogen-bond acceptors (Lipinski definition) is 7. The Labute approximate surface area is 166 Å². The first-order chi connectivity index (χ1) is 12.6. The van der Waals surface area contributed by atoms with Crippen LogP contribution in [0.3, 0.4) is 0 Å². The number of nitrogens with zero attached hydrogens (tertiary/aromatic N) is 4. The maximum Gasteiger partial charge on any atom is 0.197 e. The molecule has 3 aromatic rings. The summed E-state index contributed by atoms with van der Waals surface area (Å²) in [7, 11) is 0. The summed E-state index contributed by atoms with van der Waals surface area (Å²) >= 11 is 5.19. The number of aromatic nitrogens is 4. The average molecular weight is 409 g/mol. The zero-order valence-electron chi connectivity index (χ0n) is 15.6. The molecule has 26 heavy (non-hydrogen) atoms. The molecule has 1 aliphatic rings. The molecule has 1 atom stereocenters. The fourth-order valence-corrected chi connectivity index (χ4v) is 6.08. The maximum atomic E-state index is 6.07. The van der Waals surface area contributed by atoms with Crippen LogP contribution in [0.4, 0.5) is 0 Å². The average Bonchev–Trinajstić information content (AvgIpc) is 3.21. The van der Waals surface area contributed by atoms with Gasteiger partial charge in [-0.2, -0.15) is 0 Å². The van der Waals surface area contributed by atoms with Gasteiger partial charge in [0.15, 0.2) is 16.0 Å². The largest absolute Gasteiger partial charge is 0.372 e. The molecule has 0 saturated heterocycles. The number of thiophene rings is 1. The van der Waals surface area contributed by atoms with Crippen LogP contribution in [0.15, 0.2) is 10.3 Å². The van der Waals surface area contributed by atoms with E-state index >= 15 is 0 Å². The SMILES string of the molecule is CCCCSc1nnc2c3c4c(sc3nc(SC)n12)COC(C(C)C)C4. The summed E-state index contributed by atoms with van der Waals surface area (Å²) in [6, 6.07) is 0. The van der Waals surface area contributed by atoms with Crippen molar-refractivity contribution in [3.63, 3.8) is 0 Å². The van der Waals surface area contributed by atoms with Crippen LogP contribution >= 0.6 is 34.9 Å². The molecule has 3 aromatic heterocycles. The van der Waals surface area contributed by atoms with Crippen LogP contribution in [0.2, 0.25) is 0 Å². The lowest BCUT2D eigenvalue weighted by atomic mass is 9.96. The van der Waals surface area contributed by atoms with Gasteiger partial charge in [0.05, 0.1) is 18.1 Å². The predicted molar refractivity (Wildman–Crippen MR) is 111 cm³/mol. The molecule has 0 amide bonds. The Morgan fingerprint density at radius 2 is 2.15 bits per heavy atom. The minimum atomic E-state index is 0.266. The van der Waals surface area contributed by atoms with E-state index in [2.05, 4.69) is 41.6 Å². The van der Waals surface area contributed by atoms with Crippen molar-refractivity contribution in [1.82, 2.24) is 19.6 Å². The molecule has 1 unspecified atom stereocenters. The van der Waals surface area contributed by atoms with Crippen LogP contribution in [0.25, 0.3) is 15.9 Å². The van der Waals surface area contributed by atoms with Crippen molar-refractivity contribution in [2.75, 3.05) is 12.0 Å². The Kier molecular flexibility index (Phi) is 5.46. The number of hydrogen-bond donors (Lipinski definition) is 0. The van der Waals surface area contributed by atoms with Crippen LogP contribution in [0.5, 0.6) is 0 Å². The lowest BCUT2D eigenvalue weighted by Crippen LogP contribution is -2.26. The predicted octanol–water partition coefficient (Wildman–Crippen LogP) is 5.05. The third-order valence-electron chi connectivity index (χ3n) is 4.81. The number of ether oxygens (including phenoxy) is 1. The van der Waals surface area contributed by atoms with E-state index in [0.29, 0.717) is 12.5 Å². The van der Waals surface area contributed by atoms with E-state index in [0.717, 1.165) is 33.0 Å². The monoisotopic (exact) mass is 408 g/mol. The molecule has 4 rings (SSSR count). The van der Waals surface area contributed by atoms with Crippen molar-refractivity contribution in [3.05, 3.63) is 10.4 Å². The highest BCUT2D eigenvalue weighted by Crippen LogP contribution is 2.40. The van der Waals surface area contributed by atoms with Crippen molar-refractivity contribution < 1.29 is 4.74 Å². The zero-order valence-corrected chi connectivity index (χ0v) is 18.1. The van der Waals surface area contributed by atoms with Crippen molar-refractivity contribution in [1.29, 1.82) is 0 Å². The molecule has 1 aliphatic heterocycles. The van der Waals surface area contributed by atoms with Gasteiger partial charge in [-0.1, -0.05) is 50.7 Å². The minimum absolute atomic E-state index is 0.266. The number of rotatable bonds is 6. The number of fused-ring (bicyclic) bond motifs is 5. The molecule has 0 fully saturated rings. The Balaban J connectivity index is 1.87. The van der Waals surface area contributed by atoms with Crippen LogP contribution in [-0.2, 0) is 17.8 Å². The molecule has 8 heteroatoms. The summed E-state index contributed by atoms with van der Waals surface area (Å²) < 4.78 is 8.22. The molecule has 140 valence electrons. The standard InChI is InChI=1S/C18H24N4OS3/c1-5-6-7-25-18-21-20-15-14-11-8-12(10(2)3)23-9-13(11)26-16(14)19-17(24-4)22(15)18/h10,12H,5-9H2,1-4H3. The maximum absolute atomic E-state index is 6.07. The molecule has 0 radical (unpaired) electrons. The molecule has 0 saturated carbocycles. The van der Waals surface area contributed by atoms with Crippen LogP contribution in [0.1, 0.15) is 44.1 Å². The molecular formula is C18H24N4OS3. The van der Waals surface area contributed by atoms with E-state index in [1.165, 1.54) is 28.7 Å². The van der Waals surface area contributed by atoms with Gasteiger partial charge >= 0.3 is 0 Å². The fourth-order valence-electron chi connectivity index (χ4n) is 3.29. The fraction of sp³-hybridized carbons (Fsp3) is 0.611. The van der Waals surface area contributed by atoms with Gasteiger partial charge in [-0.3, -0.25) is 0 Å². The van der Waals surface area contributed by atoms with Gasteiger partial charge in [-0.15, -0.1) is 21.5 Å². The quantitative estimate of drug-likeness (QED) is 0.323. The third-order valence-corrected chi connectivity index (χ3v) is 7.56. The molecule has 0 N–H and O–H groups in total. The van der Waals surface area contributed by atoms with Gasteiger partial charge in [-0.05, 0) is 24.2 Å². The summed E-state index contributed by atoms with van der Waals surface area (Å²) in [6.07, 6.45) is 5.65. The van der Waals surface area contributed by atoms with E-state index in [9.17, 15) is 0 Å². The Bertz CT molecular complexity index is 934. The molecule has 0 bridgehead atoms. The van der Waals surface area contributed by atoms with Crippen molar-refractivity contribution in [2.45, 2.75) is 63.1 Å². The first kappa shape index (κ1) is 18.5. The van der Waals surface area contributed by atoms with E-state index in [1.807, 2.05) is 0 Å². The highest BCUT2D eigenvalue weighted by molar-refractivity contribution is 7.99. The first-order valence-electron chi connectivity index (χ1n) is 9.11. The topological polar surface area (TPSA) is 52.3 Å². The Morgan fingerprint density at radius 1 is 1.31 bits per heavy atom. The third kappa shape index (κ3) is 3.15. The molecule has 0 aliphatic carbocycles. The van der Waals surface area contributed by atoms with Gasteiger partial charge in [0.1, 0.15) is 4.83 Å². The summed E-state index contributed by atoms with van der Waals surface area (Å²) in [4.78, 5) is 7.32. The highest BCUT2D eigenvalue weighted by Gasteiger charge is 2.28. The van der Waals surface area contributed by atoms with Gasteiger partial charge < -0.3 is 4.74 Å². The molecular weight excluding hydrogens is 384 g/mol.